The maximum absolute atomic E-state index is 14.1. The van der Waals surface area contributed by atoms with E-state index in [4.69, 9.17) is 16.9 Å². The molecule has 1 aliphatic heterocycles. The van der Waals surface area contributed by atoms with Crippen molar-refractivity contribution >= 4 is 28.8 Å². The first-order valence-electron chi connectivity index (χ1n) is 9.15. The second-order valence-electron chi connectivity index (χ2n) is 6.98. The third kappa shape index (κ3) is 3.71. The van der Waals surface area contributed by atoms with Gasteiger partial charge in [0.05, 0.1) is 17.6 Å². The van der Waals surface area contributed by atoms with Crippen LogP contribution in [0.4, 0.5) is 21.6 Å². The lowest BCUT2D eigenvalue weighted by Crippen LogP contribution is -2.32. The van der Waals surface area contributed by atoms with Crippen molar-refractivity contribution in [2.75, 3.05) is 16.8 Å². The Bertz CT molecular complexity index is 1140. The minimum Gasteiger partial charge on any atom is -0.352 e. The molecule has 2 aromatic heterocycles. The maximum atomic E-state index is 14.1. The van der Waals surface area contributed by atoms with E-state index in [0.717, 1.165) is 41.2 Å². The Kier molecular flexibility index (Phi) is 5.03. The molecule has 6 nitrogen and oxygen atoms in total. The fourth-order valence-electron chi connectivity index (χ4n) is 3.42. The molecule has 146 valence electrons. The van der Waals surface area contributed by atoms with Gasteiger partial charge in [0.15, 0.2) is 11.5 Å². The molecule has 4 rings (SSSR count). The molecule has 1 N–H and O–H groups in total. The highest BCUT2D eigenvalue weighted by Gasteiger charge is 2.22. The van der Waals surface area contributed by atoms with Gasteiger partial charge >= 0.3 is 0 Å². The number of hydrogen-bond donors (Lipinski definition) is 1. The van der Waals surface area contributed by atoms with E-state index in [1.165, 1.54) is 6.07 Å². The van der Waals surface area contributed by atoms with E-state index in [1.54, 1.807) is 18.3 Å². The number of aromatic nitrogens is 3. The van der Waals surface area contributed by atoms with Gasteiger partial charge < -0.3 is 10.2 Å². The Balaban J connectivity index is 1.60. The van der Waals surface area contributed by atoms with Crippen LogP contribution in [0.25, 0.3) is 0 Å². The van der Waals surface area contributed by atoms with E-state index in [9.17, 15) is 4.39 Å². The number of pyridine rings is 1. The van der Waals surface area contributed by atoms with Gasteiger partial charge in [0.2, 0.25) is 0 Å². The lowest BCUT2D eigenvalue weighted by atomic mass is 10.0. The number of nitrogens with zero attached hydrogens (tertiary/aromatic N) is 5. The molecule has 0 radical (unpaired) electrons. The average molecular weight is 409 g/mol. The zero-order valence-electron chi connectivity index (χ0n) is 16.0. The van der Waals surface area contributed by atoms with Crippen LogP contribution in [-0.2, 0) is 13.0 Å². The summed E-state index contributed by atoms with van der Waals surface area (Å²) >= 11 is 5.82. The summed E-state index contributed by atoms with van der Waals surface area (Å²) in [5, 5.41) is 20.9. The molecule has 0 amide bonds. The van der Waals surface area contributed by atoms with Gasteiger partial charge in [-0.1, -0.05) is 11.6 Å². The molecule has 3 aromatic rings. The molecule has 3 heterocycles. The molecule has 0 bridgehead atoms. The first kappa shape index (κ1) is 19.1. The summed E-state index contributed by atoms with van der Waals surface area (Å²) in [6, 6.07) is 8.55. The molecule has 8 heteroatoms. The van der Waals surface area contributed by atoms with Crippen LogP contribution in [0.5, 0.6) is 0 Å². The van der Waals surface area contributed by atoms with Crippen molar-refractivity contribution in [2.24, 2.45) is 0 Å². The number of nitriles is 1. The molecule has 0 spiro atoms. The van der Waals surface area contributed by atoms with Gasteiger partial charge in [-0.2, -0.15) is 5.26 Å². The maximum Gasteiger partial charge on any atom is 0.166 e. The number of rotatable bonds is 3. The summed E-state index contributed by atoms with van der Waals surface area (Å²) in [6.07, 6.45) is 2.48. The average Bonchev–Trinajstić information content (AvgIpc) is 2.71. The van der Waals surface area contributed by atoms with E-state index in [2.05, 4.69) is 31.5 Å². The summed E-state index contributed by atoms with van der Waals surface area (Å²) in [4.78, 5) is 6.67. The second-order valence-corrected chi connectivity index (χ2v) is 7.42. The molecule has 0 unspecified atom stereocenters. The number of hydrogen-bond acceptors (Lipinski definition) is 6. The molecule has 0 fully saturated rings. The van der Waals surface area contributed by atoms with Crippen LogP contribution in [0, 0.1) is 31.0 Å². The number of anilines is 3. The number of fused-ring (bicyclic) bond motifs is 1. The molecule has 0 saturated heterocycles. The first-order valence-corrected chi connectivity index (χ1v) is 9.53. The van der Waals surface area contributed by atoms with Crippen molar-refractivity contribution < 1.29 is 4.39 Å². The molecule has 0 aliphatic carbocycles. The van der Waals surface area contributed by atoms with Crippen molar-refractivity contribution in [1.82, 2.24) is 15.2 Å². The Hall–Kier alpha value is -3.24. The van der Waals surface area contributed by atoms with Crippen molar-refractivity contribution in [3.05, 3.63) is 69.4 Å². The fourth-order valence-corrected chi connectivity index (χ4v) is 3.58. The normalized spacial score (nSPS) is 13.0. The second kappa shape index (κ2) is 7.64. The van der Waals surface area contributed by atoms with Crippen LogP contribution in [0.3, 0.4) is 0 Å². The quantitative estimate of drug-likeness (QED) is 0.689. The Morgan fingerprint density at radius 2 is 2.03 bits per heavy atom. The predicted octanol–water partition coefficient (Wildman–Crippen LogP) is 4.46. The Morgan fingerprint density at radius 1 is 1.21 bits per heavy atom. The third-order valence-corrected chi connectivity index (χ3v) is 5.39. The number of nitrogens with one attached hydrogen (secondary N) is 1. The SMILES string of the molecule is Cc1c(C#N)nnc(N2CCc3ncc(Nc4ccc(Cl)cc4F)cc3C2)c1C. The minimum absolute atomic E-state index is 0.341. The smallest absolute Gasteiger partial charge is 0.166 e. The van der Waals surface area contributed by atoms with E-state index in [1.807, 2.05) is 19.9 Å². The molecule has 0 atom stereocenters. The predicted molar refractivity (Wildman–Crippen MR) is 110 cm³/mol. The lowest BCUT2D eigenvalue weighted by Gasteiger charge is -2.30. The largest absolute Gasteiger partial charge is 0.352 e. The molecular formula is C21H18ClFN6. The van der Waals surface area contributed by atoms with Gasteiger partial charge in [-0.15, -0.1) is 10.2 Å². The standard InChI is InChI=1S/C21H18ClFN6/c1-12-13(2)21(28-27-20(12)9-24)29-6-5-18-14(11-29)7-16(10-25-18)26-19-4-3-15(22)8-17(19)23/h3-4,7-8,10,26H,5-6,11H2,1-2H3. The van der Waals surface area contributed by atoms with Crippen molar-refractivity contribution in [3.63, 3.8) is 0 Å². The fraction of sp³-hybridized carbons (Fsp3) is 0.238. The van der Waals surface area contributed by atoms with Crippen molar-refractivity contribution in [2.45, 2.75) is 26.8 Å². The zero-order chi connectivity index (χ0) is 20.5. The van der Waals surface area contributed by atoms with E-state index >= 15 is 0 Å². The summed E-state index contributed by atoms with van der Waals surface area (Å²) in [5.41, 5.74) is 5.24. The van der Waals surface area contributed by atoms with Gasteiger partial charge in [-0.05, 0) is 54.8 Å². The number of benzene rings is 1. The monoisotopic (exact) mass is 408 g/mol. The van der Waals surface area contributed by atoms with Gasteiger partial charge in [-0.25, -0.2) is 4.39 Å². The summed E-state index contributed by atoms with van der Waals surface area (Å²) < 4.78 is 14.1. The van der Waals surface area contributed by atoms with Crippen LogP contribution < -0.4 is 10.2 Å². The van der Waals surface area contributed by atoms with Crippen LogP contribution in [-0.4, -0.2) is 21.7 Å². The van der Waals surface area contributed by atoms with E-state index in [0.29, 0.717) is 28.6 Å². The number of halogens is 2. The van der Waals surface area contributed by atoms with E-state index < -0.39 is 5.82 Å². The molecule has 1 aromatic carbocycles. The van der Waals surface area contributed by atoms with Crippen molar-refractivity contribution in [1.29, 1.82) is 5.26 Å². The topological polar surface area (TPSA) is 77.7 Å². The first-order chi connectivity index (χ1) is 14.0. The minimum atomic E-state index is -0.421. The summed E-state index contributed by atoms with van der Waals surface area (Å²) in [5.74, 6) is 0.352. The molecule has 29 heavy (non-hydrogen) atoms. The highest BCUT2D eigenvalue weighted by Crippen LogP contribution is 2.29. The summed E-state index contributed by atoms with van der Waals surface area (Å²) in [6.45, 7) is 5.21. The summed E-state index contributed by atoms with van der Waals surface area (Å²) in [7, 11) is 0. The highest BCUT2D eigenvalue weighted by atomic mass is 35.5. The highest BCUT2D eigenvalue weighted by molar-refractivity contribution is 6.30. The van der Waals surface area contributed by atoms with Gasteiger partial charge in [0.1, 0.15) is 11.9 Å². The molecule has 1 aliphatic rings. The van der Waals surface area contributed by atoms with E-state index in [-0.39, 0.29) is 0 Å². The molecular weight excluding hydrogens is 391 g/mol. The van der Waals surface area contributed by atoms with Gasteiger partial charge in [0.25, 0.3) is 0 Å². The van der Waals surface area contributed by atoms with Gasteiger partial charge in [0, 0.05) is 30.2 Å². The Morgan fingerprint density at radius 3 is 2.79 bits per heavy atom. The van der Waals surface area contributed by atoms with Crippen LogP contribution in [0.15, 0.2) is 30.5 Å². The lowest BCUT2D eigenvalue weighted by molar-refractivity contribution is 0.632. The zero-order valence-corrected chi connectivity index (χ0v) is 16.8. The third-order valence-electron chi connectivity index (χ3n) is 5.15. The van der Waals surface area contributed by atoms with Crippen LogP contribution >= 0.6 is 11.6 Å². The van der Waals surface area contributed by atoms with Crippen molar-refractivity contribution in [3.8, 4) is 6.07 Å². The Labute approximate surface area is 173 Å². The van der Waals surface area contributed by atoms with Crippen LogP contribution in [0.2, 0.25) is 5.02 Å². The van der Waals surface area contributed by atoms with Crippen LogP contribution in [0.1, 0.15) is 28.1 Å². The molecule has 0 saturated carbocycles. The van der Waals surface area contributed by atoms with Gasteiger partial charge in [-0.3, -0.25) is 4.98 Å².